The second-order valence-corrected chi connectivity index (χ2v) is 8.01. The number of anilines is 2. The fraction of sp³-hybridized carbons (Fsp3) is 0.222. The number of thiophene rings is 1. The lowest BCUT2D eigenvalue weighted by Crippen LogP contribution is -2.17. The zero-order chi connectivity index (χ0) is 20.1. The third kappa shape index (κ3) is 4.90. The number of carbonyl (C=O) groups is 1. The molecule has 0 saturated heterocycles. The van der Waals surface area contributed by atoms with Gasteiger partial charge in [-0.15, -0.1) is 21.5 Å². The molecule has 3 rings (SSSR count). The number of hydrogen-bond acceptors (Lipinski definition) is 8. The lowest BCUT2D eigenvalue weighted by atomic mass is 10.1. The highest BCUT2D eigenvalue weighted by atomic mass is 32.2. The Morgan fingerprint density at radius 1 is 1.32 bits per heavy atom. The average Bonchev–Trinajstić information content (AvgIpc) is 3.31. The topological polar surface area (TPSA) is 110 Å². The summed E-state index contributed by atoms with van der Waals surface area (Å²) in [4.78, 5) is 13.3. The Labute approximate surface area is 171 Å². The van der Waals surface area contributed by atoms with E-state index in [9.17, 15) is 4.79 Å². The number of nitrogen functional groups attached to an aromatic ring is 1. The molecule has 8 nitrogen and oxygen atoms in total. The van der Waals surface area contributed by atoms with Crippen molar-refractivity contribution < 1.29 is 4.79 Å². The van der Waals surface area contributed by atoms with E-state index in [0.717, 1.165) is 27.4 Å². The minimum Gasteiger partial charge on any atom is -0.334 e. The van der Waals surface area contributed by atoms with E-state index in [2.05, 4.69) is 26.0 Å². The molecule has 28 heavy (non-hydrogen) atoms. The number of hydrogen-bond donors (Lipinski definition) is 3. The van der Waals surface area contributed by atoms with Gasteiger partial charge in [0.25, 0.3) is 5.95 Å². The molecule has 4 N–H and O–H groups in total. The summed E-state index contributed by atoms with van der Waals surface area (Å²) >= 11 is 2.80. The summed E-state index contributed by atoms with van der Waals surface area (Å²) in [6.07, 6.45) is 0. The number of hydrazone groups is 1. The molecule has 0 bridgehead atoms. The van der Waals surface area contributed by atoms with Crippen molar-refractivity contribution in [3.8, 4) is 0 Å². The molecule has 1 aromatic carbocycles. The highest BCUT2D eigenvalue weighted by molar-refractivity contribution is 7.99. The van der Waals surface area contributed by atoms with Crippen LogP contribution in [0.5, 0.6) is 0 Å². The Morgan fingerprint density at radius 2 is 2.14 bits per heavy atom. The zero-order valence-corrected chi connectivity index (χ0v) is 17.4. The number of rotatable bonds is 7. The smallest absolute Gasteiger partial charge is 0.264 e. The van der Waals surface area contributed by atoms with Gasteiger partial charge in [-0.05, 0) is 43.8 Å². The quantitative estimate of drug-likeness (QED) is 0.236. The van der Waals surface area contributed by atoms with E-state index in [1.54, 1.807) is 11.3 Å². The van der Waals surface area contributed by atoms with Crippen molar-refractivity contribution in [1.82, 2.24) is 14.9 Å². The number of carbonyl (C=O) groups excluding carboxylic acids is 1. The first-order valence-electron chi connectivity index (χ1n) is 8.48. The summed E-state index contributed by atoms with van der Waals surface area (Å²) < 4.78 is 1.28. The van der Waals surface area contributed by atoms with Crippen LogP contribution in [0.3, 0.4) is 0 Å². The van der Waals surface area contributed by atoms with E-state index in [0.29, 0.717) is 11.1 Å². The van der Waals surface area contributed by atoms with Crippen LogP contribution >= 0.6 is 23.1 Å². The van der Waals surface area contributed by atoms with Gasteiger partial charge in [0.15, 0.2) is 0 Å². The van der Waals surface area contributed by atoms with Gasteiger partial charge in [0.2, 0.25) is 11.1 Å². The van der Waals surface area contributed by atoms with Crippen LogP contribution in [0.25, 0.3) is 0 Å². The molecule has 0 aliphatic carbocycles. The summed E-state index contributed by atoms with van der Waals surface area (Å²) in [7, 11) is 0. The highest BCUT2D eigenvalue weighted by Crippen LogP contribution is 2.19. The van der Waals surface area contributed by atoms with Crippen LogP contribution in [0.15, 0.2) is 46.0 Å². The summed E-state index contributed by atoms with van der Waals surface area (Å²) in [5.41, 5.74) is 6.59. The average molecular weight is 416 g/mol. The molecule has 0 aliphatic heterocycles. The summed E-state index contributed by atoms with van der Waals surface area (Å²) in [6.45, 7) is 5.87. The van der Waals surface area contributed by atoms with Gasteiger partial charge >= 0.3 is 0 Å². The maximum atomic E-state index is 12.2. The maximum Gasteiger partial charge on any atom is 0.264 e. The molecule has 0 radical (unpaired) electrons. The molecule has 0 unspecified atom stereocenters. The number of aromatic nitrogens is 3. The van der Waals surface area contributed by atoms with Crippen molar-refractivity contribution in [3.63, 3.8) is 0 Å². The molecule has 0 spiro atoms. The fourth-order valence-corrected chi connectivity index (χ4v) is 3.73. The molecule has 0 fully saturated rings. The van der Waals surface area contributed by atoms with Gasteiger partial charge in [-0.3, -0.25) is 4.79 Å². The number of aryl methyl sites for hydroxylation is 2. The SMILES string of the molecule is C/C(=N\Nc1nnc(SCC(=O)Nc2ccc(C)cc2C)n1N)c1cccs1. The van der Waals surface area contributed by atoms with E-state index < -0.39 is 0 Å². The van der Waals surface area contributed by atoms with E-state index >= 15 is 0 Å². The number of thioether (sulfide) groups is 1. The molecule has 2 aromatic heterocycles. The molecule has 146 valence electrons. The molecule has 0 atom stereocenters. The predicted octanol–water partition coefficient (Wildman–Crippen LogP) is 3.24. The lowest BCUT2D eigenvalue weighted by molar-refractivity contribution is -0.113. The number of benzene rings is 1. The van der Waals surface area contributed by atoms with Gasteiger partial charge in [0.1, 0.15) is 0 Å². The van der Waals surface area contributed by atoms with E-state index in [1.165, 1.54) is 16.4 Å². The summed E-state index contributed by atoms with van der Waals surface area (Å²) in [5, 5.41) is 17.5. The van der Waals surface area contributed by atoms with E-state index in [4.69, 9.17) is 5.84 Å². The van der Waals surface area contributed by atoms with Gasteiger partial charge in [-0.25, -0.2) is 10.1 Å². The van der Waals surface area contributed by atoms with Crippen molar-refractivity contribution in [1.29, 1.82) is 0 Å². The minimum atomic E-state index is -0.138. The third-order valence-corrected chi connectivity index (χ3v) is 5.78. The van der Waals surface area contributed by atoms with Gasteiger partial charge in [-0.1, -0.05) is 35.5 Å². The van der Waals surface area contributed by atoms with Gasteiger partial charge in [-0.2, -0.15) is 5.10 Å². The number of amides is 1. The van der Waals surface area contributed by atoms with Crippen LogP contribution in [0.1, 0.15) is 22.9 Å². The van der Waals surface area contributed by atoms with Crippen LogP contribution in [-0.2, 0) is 4.79 Å². The molecular formula is C18H21N7OS2. The molecule has 10 heteroatoms. The largest absolute Gasteiger partial charge is 0.334 e. The van der Waals surface area contributed by atoms with E-state index in [-0.39, 0.29) is 11.7 Å². The lowest BCUT2D eigenvalue weighted by Gasteiger charge is -2.09. The van der Waals surface area contributed by atoms with Gasteiger partial charge in [0, 0.05) is 10.6 Å². The van der Waals surface area contributed by atoms with Gasteiger partial charge < -0.3 is 11.2 Å². The standard InChI is InChI=1S/C18H21N7OS2/c1-11-6-7-14(12(2)9-11)20-16(26)10-28-18-24-23-17(25(18)19)22-21-13(3)15-5-4-8-27-15/h4-9H,10,19H2,1-3H3,(H,20,26)(H,22,23)/b21-13+. The van der Waals surface area contributed by atoms with Crippen LogP contribution in [0.4, 0.5) is 11.6 Å². The first-order valence-corrected chi connectivity index (χ1v) is 10.3. The highest BCUT2D eigenvalue weighted by Gasteiger charge is 2.13. The van der Waals surface area contributed by atoms with Crippen molar-refractivity contribution in [3.05, 3.63) is 51.7 Å². The monoisotopic (exact) mass is 415 g/mol. The first kappa shape index (κ1) is 19.9. The molecule has 0 aliphatic rings. The Bertz CT molecular complexity index is 996. The maximum absolute atomic E-state index is 12.2. The van der Waals surface area contributed by atoms with Crippen LogP contribution in [0.2, 0.25) is 0 Å². The Morgan fingerprint density at radius 3 is 2.86 bits per heavy atom. The summed E-state index contributed by atoms with van der Waals surface area (Å²) in [6, 6.07) is 9.82. The number of nitrogens with two attached hydrogens (primary N) is 1. The minimum absolute atomic E-state index is 0.138. The summed E-state index contributed by atoms with van der Waals surface area (Å²) in [5.74, 6) is 6.33. The third-order valence-electron chi connectivity index (χ3n) is 3.85. The number of nitrogens with one attached hydrogen (secondary N) is 2. The van der Waals surface area contributed by atoms with Crippen molar-refractivity contribution in [2.45, 2.75) is 25.9 Å². The van der Waals surface area contributed by atoms with Gasteiger partial charge in [0.05, 0.1) is 11.5 Å². The Hall–Kier alpha value is -2.85. The van der Waals surface area contributed by atoms with Crippen molar-refractivity contribution in [2.75, 3.05) is 22.3 Å². The predicted molar refractivity (Wildman–Crippen MR) is 116 cm³/mol. The van der Waals surface area contributed by atoms with Crippen LogP contribution in [-0.4, -0.2) is 32.2 Å². The second-order valence-electron chi connectivity index (χ2n) is 6.12. The molecule has 3 aromatic rings. The normalized spacial score (nSPS) is 11.5. The molecular weight excluding hydrogens is 394 g/mol. The van der Waals surface area contributed by atoms with E-state index in [1.807, 2.05) is 56.5 Å². The van der Waals surface area contributed by atoms with Crippen molar-refractivity contribution >= 4 is 46.4 Å². The Balaban J connectivity index is 1.56. The van der Waals surface area contributed by atoms with Crippen molar-refractivity contribution in [2.24, 2.45) is 5.10 Å². The molecule has 0 saturated carbocycles. The zero-order valence-electron chi connectivity index (χ0n) is 15.8. The molecule has 2 heterocycles. The first-order chi connectivity index (χ1) is 13.4. The fourth-order valence-electron chi connectivity index (χ4n) is 2.40. The van der Waals surface area contributed by atoms with Crippen LogP contribution < -0.4 is 16.6 Å². The molecule has 1 amide bonds. The van der Waals surface area contributed by atoms with Crippen LogP contribution in [0, 0.1) is 13.8 Å². The Kier molecular flexibility index (Phi) is 6.32. The number of nitrogens with zero attached hydrogens (tertiary/aromatic N) is 4. The second kappa shape index (κ2) is 8.89.